The molecule has 1 aliphatic heterocycles. The van der Waals surface area contributed by atoms with Gasteiger partial charge < -0.3 is 19.8 Å². The molecule has 3 N–H and O–H groups in total. The fourth-order valence-electron chi connectivity index (χ4n) is 3.70. The molecule has 1 fully saturated rings. The number of rotatable bonds is 10. The zero-order chi connectivity index (χ0) is 23.4. The molecule has 0 spiro atoms. The number of carbonyl (C=O) groups is 1. The Hall–Kier alpha value is -3.32. The molecule has 12 nitrogen and oxygen atoms in total. The van der Waals surface area contributed by atoms with Gasteiger partial charge in [-0.15, -0.1) is 10.2 Å². The lowest BCUT2D eigenvalue weighted by atomic mass is 10.2. The first-order valence-corrected chi connectivity index (χ1v) is 11.5. The van der Waals surface area contributed by atoms with E-state index in [9.17, 15) is 14.4 Å². The molecular formula is C20H25N7O5S. The zero-order valence-corrected chi connectivity index (χ0v) is 19.0. The summed E-state index contributed by atoms with van der Waals surface area (Å²) in [5.74, 6) is 0.645. The lowest BCUT2D eigenvalue weighted by Crippen LogP contribution is -2.37. The number of nitrogens with two attached hydrogens (primary N) is 1. The molecule has 33 heavy (non-hydrogen) atoms. The first-order chi connectivity index (χ1) is 16.0. The van der Waals surface area contributed by atoms with Crippen molar-refractivity contribution < 1.29 is 13.9 Å². The van der Waals surface area contributed by atoms with Gasteiger partial charge in [0.05, 0.1) is 31.7 Å². The van der Waals surface area contributed by atoms with Gasteiger partial charge in [0.15, 0.2) is 10.9 Å². The fourth-order valence-corrected chi connectivity index (χ4v) is 4.50. The Bertz CT molecular complexity index is 1220. The minimum Gasteiger partial charge on any atom is -0.467 e. The standard InChI is InChI=1S/C20H25N7O5S/c1-31-10-8-26-16(21)15(17(29)22-19(26)30)14(28)12-33-20-24-23-18(25-6-2-3-7-25)27(20)11-13-5-4-9-32-13/h4-5,9H,2-3,6-8,10-12,21H2,1H3,(H,22,29,30). The summed E-state index contributed by atoms with van der Waals surface area (Å²) in [7, 11) is 1.48. The topological polar surface area (TPSA) is 154 Å². The third kappa shape index (κ3) is 4.88. The Morgan fingerprint density at radius 1 is 1.27 bits per heavy atom. The van der Waals surface area contributed by atoms with E-state index in [0.29, 0.717) is 17.6 Å². The number of ether oxygens (including phenoxy) is 1. The number of nitrogen functional groups attached to an aromatic ring is 1. The number of H-pyrrole nitrogens is 1. The highest BCUT2D eigenvalue weighted by atomic mass is 32.2. The second-order valence-electron chi connectivity index (χ2n) is 7.52. The number of nitrogens with zero attached hydrogens (tertiary/aromatic N) is 5. The van der Waals surface area contributed by atoms with Crippen molar-refractivity contribution in [3.05, 3.63) is 50.6 Å². The van der Waals surface area contributed by atoms with Gasteiger partial charge in [-0.3, -0.25) is 23.7 Å². The first kappa shape index (κ1) is 22.9. The van der Waals surface area contributed by atoms with Crippen LogP contribution < -0.4 is 21.9 Å². The van der Waals surface area contributed by atoms with Crippen molar-refractivity contribution in [2.45, 2.75) is 31.1 Å². The highest BCUT2D eigenvalue weighted by Crippen LogP contribution is 2.26. The van der Waals surface area contributed by atoms with Gasteiger partial charge in [0.1, 0.15) is 17.1 Å². The van der Waals surface area contributed by atoms with Crippen LogP contribution >= 0.6 is 11.8 Å². The monoisotopic (exact) mass is 475 g/mol. The molecule has 0 unspecified atom stereocenters. The number of aromatic nitrogens is 5. The van der Waals surface area contributed by atoms with Crippen LogP contribution in [0.25, 0.3) is 0 Å². The maximum Gasteiger partial charge on any atom is 0.330 e. The molecule has 0 aliphatic carbocycles. The van der Waals surface area contributed by atoms with Crippen LogP contribution in [-0.2, 0) is 17.8 Å². The van der Waals surface area contributed by atoms with Crippen LogP contribution in [0.15, 0.2) is 37.6 Å². The quantitative estimate of drug-likeness (QED) is 0.314. The highest BCUT2D eigenvalue weighted by Gasteiger charge is 2.24. The van der Waals surface area contributed by atoms with E-state index in [1.807, 2.05) is 10.6 Å². The Labute approximate surface area is 192 Å². The number of methoxy groups -OCH3 is 1. The third-order valence-corrected chi connectivity index (χ3v) is 6.32. The van der Waals surface area contributed by atoms with Crippen molar-refractivity contribution in [3.63, 3.8) is 0 Å². The van der Waals surface area contributed by atoms with Crippen LogP contribution in [-0.4, -0.2) is 62.7 Å². The second kappa shape index (κ2) is 10.1. The molecule has 0 amide bonds. The van der Waals surface area contributed by atoms with Gasteiger partial charge in [-0.25, -0.2) is 4.79 Å². The maximum atomic E-state index is 12.9. The predicted octanol–water partition coefficient (Wildman–Crippen LogP) is 0.573. The minimum atomic E-state index is -0.813. The fraction of sp³-hybridized carbons (Fsp3) is 0.450. The van der Waals surface area contributed by atoms with Crippen molar-refractivity contribution in [2.24, 2.45) is 0 Å². The van der Waals surface area contributed by atoms with Gasteiger partial charge in [0.25, 0.3) is 5.56 Å². The molecule has 0 saturated carbocycles. The van der Waals surface area contributed by atoms with E-state index in [1.54, 1.807) is 12.3 Å². The molecule has 3 aromatic rings. The summed E-state index contributed by atoms with van der Waals surface area (Å²) in [5, 5.41) is 9.13. The molecule has 176 valence electrons. The van der Waals surface area contributed by atoms with Gasteiger partial charge in [-0.1, -0.05) is 11.8 Å². The van der Waals surface area contributed by atoms with Crippen LogP contribution in [0.5, 0.6) is 0 Å². The number of hydrogen-bond donors (Lipinski definition) is 2. The van der Waals surface area contributed by atoms with Crippen LogP contribution in [0.3, 0.4) is 0 Å². The van der Waals surface area contributed by atoms with Crippen LogP contribution in [0.4, 0.5) is 11.8 Å². The Morgan fingerprint density at radius 2 is 2.06 bits per heavy atom. The van der Waals surface area contributed by atoms with Gasteiger partial charge in [0.2, 0.25) is 5.95 Å². The van der Waals surface area contributed by atoms with E-state index in [4.69, 9.17) is 14.9 Å². The van der Waals surface area contributed by atoms with Crippen molar-refractivity contribution in [3.8, 4) is 0 Å². The van der Waals surface area contributed by atoms with E-state index in [0.717, 1.165) is 48.0 Å². The molecule has 0 radical (unpaired) electrons. The van der Waals surface area contributed by atoms with Crippen molar-refractivity contribution in [1.82, 2.24) is 24.3 Å². The molecule has 0 bridgehead atoms. The number of carbonyl (C=O) groups excluding carboxylic acids is 1. The summed E-state index contributed by atoms with van der Waals surface area (Å²) < 4.78 is 13.5. The van der Waals surface area contributed by atoms with Crippen molar-refractivity contribution >= 4 is 29.3 Å². The van der Waals surface area contributed by atoms with E-state index >= 15 is 0 Å². The molecule has 1 saturated heterocycles. The lowest BCUT2D eigenvalue weighted by Gasteiger charge is -2.17. The van der Waals surface area contributed by atoms with Crippen LogP contribution in [0.1, 0.15) is 29.0 Å². The summed E-state index contributed by atoms with van der Waals surface area (Å²) in [6, 6.07) is 3.66. The SMILES string of the molecule is COCCn1c(N)c(C(=O)CSc2nnc(N3CCCC3)n2Cc2ccco2)c(=O)[nH]c1=O. The second-order valence-corrected chi connectivity index (χ2v) is 8.46. The predicted molar refractivity (Wildman–Crippen MR) is 122 cm³/mol. The molecule has 4 heterocycles. The van der Waals surface area contributed by atoms with E-state index in [2.05, 4.69) is 20.1 Å². The summed E-state index contributed by atoms with van der Waals surface area (Å²) in [4.78, 5) is 41.6. The van der Waals surface area contributed by atoms with E-state index < -0.39 is 17.0 Å². The lowest BCUT2D eigenvalue weighted by molar-refractivity contribution is 0.102. The summed E-state index contributed by atoms with van der Waals surface area (Å²) in [6.45, 7) is 2.49. The number of ketones is 1. The number of aromatic amines is 1. The number of nitrogens with one attached hydrogen (secondary N) is 1. The molecule has 1 aliphatic rings. The summed E-state index contributed by atoms with van der Waals surface area (Å²) in [6.07, 6.45) is 3.75. The Kier molecular flexibility index (Phi) is 6.99. The molecule has 0 aromatic carbocycles. The molecule has 0 atom stereocenters. The first-order valence-electron chi connectivity index (χ1n) is 10.5. The summed E-state index contributed by atoms with van der Waals surface area (Å²) in [5.41, 5.74) is 4.25. The summed E-state index contributed by atoms with van der Waals surface area (Å²) >= 11 is 1.15. The van der Waals surface area contributed by atoms with Crippen molar-refractivity contribution in [2.75, 3.05) is 43.2 Å². The van der Waals surface area contributed by atoms with Gasteiger partial charge >= 0.3 is 5.69 Å². The Balaban J connectivity index is 1.57. The number of thioether (sulfide) groups is 1. The molecular weight excluding hydrogens is 450 g/mol. The van der Waals surface area contributed by atoms with E-state index in [-0.39, 0.29) is 30.3 Å². The van der Waals surface area contributed by atoms with Gasteiger partial charge in [-0.2, -0.15) is 0 Å². The normalized spacial score (nSPS) is 13.7. The zero-order valence-electron chi connectivity index (χ0n) is 18.2. The minimum absolute atomic E-state index is 0.105. The third-order valence-electron chi connectivity index (χ3n) is 5.35. The largest absolute Gasteiger partial charge is 0.467 e. The average Bonchev–Trinajstić information content (AvgIpc) is 3.55. The van der Waals surface area contributed by atoms with Gasteiger partial charge in [-0.05, 0) is 25.0 Å². The maximum absolute atomic E-state index is 12.9. The van der Waals surface area contributed by atoms with Crippen molar-refractivity contribution in [1.29, 1.82) is 0 Å². The Morgan fingerprint density at radius 3 is 2.76 bits per heavy atom. The van der Waals surface area contributed by atoms with E-state index in [1.165, 1.54) is 7.11 Å². The number of Topliss-reactive ketones (excluding diaryl/α,β-unsaturated/α-hetero) is 1. The number of hydrogen-bond acceptors (Lipinski definition) is 10. The number of anilines is 2. The van der Waals surface area contributed by atoms with Gasteiger partial charge in [0, 0.05) is 20.2 Å². The highest BCUT2D eigenvalue weighted by molar-refractivity contribution is 7.99. The smallest absolute Gasteiger partial charge is 0.330 e. The molecule has 4 rings (SSSR count). The molecule has 13 heteroatoms. The van der Waals surface area contributed by atoms with Crippen LogP contribution in [0.2, 0.25) is 0 Å². The van der Waals surface area contributed by atoms with Crippen LogP contribution in [0, 0.1) is 0 Å². The molecule has 3 aromatic heterocycles. The number of furan rings is 1. The average molecular weight is 476 g/mol.